The first-order valence-corrected chi connectivity index (χ1v) is 6.95. The molecule has 0 radical (unpaired) electrons. The lowest BCUT2D eigenvalue weighted by atomic mass is 10.1. The van der Waals surface area contributed by atoms with Crippen molar-refractivity contribution in [2.45, 2.75) is 39.3 Å². The average molecular weight is 310 g/mol. The maximum atomic E-state index is 8.73. The largest absolute Gasteiger partial charge is 0.367 e. The number of benzene rings is 1. The SMILES string of the molecule is CC(C)N(CCC#N)c1ccc([C@@H](C)N)cc1Br. The first kappa shape index (κ1) is 15.0. The van der Waals surface area contributed by atoms with E-state index in [0.717, 1.165) is 22.3 Å². The third-order valence-electron chi connectivity index (χ3n) is 2.89. The second-order valence-corrected chi connectivity index (χ2v) is 5.55. The lowest BCUT2D eigenvalue weighted by Crippen LogP contribution is -2.31. The van der Waals surface area contributed by atoms with E-state index in [2.05, 4.69) is 52.9 Å². The summed E-state index contributed by atoms with van der Waals surface area (Å²) in [6.45, 7) is 6.97. The van der Waals surface area contributed by atoms with Gasteiger partial charge in [0.1, 0.15) is 0 Å². The summed E-state index contributed by atoms with van der Waals surface area (Å²) in [6.07, 6.45) is 0.527. The molecule has 0 saturated heterocycles. The van der Waals surface area contributed by atoms with Gasteiger partial charge in [0.15, 0.2) is 0 Å². The van der Waals surface area contributed by atoms with Gasteiger partial charge in [0.2, 0.25) is 0 Å². The van der Waals surface area contributed by atoms with E-state index < -0.39 is 0 Å². The molecule has 0 heterocycles. The van der Waals surface area contributed by atoms with E-state index in [1.807, 2.05) is 13.0 Å². The van der Waals surface area contributed by atoms with Gasteiger partial charge in [-0.1, -0.05) is 6.07 Å². The van der Waals surface area contributed by atoms with Crippen molar-refractivity contribution in [3.05, 3.63) is 28.2 Å². The zero-order chi connectivity index (χ0) is 13.7. The lowest BCUT2D eigenvalue weighted by Gasteiger charge is -2.29. The molecule has 1 aromatic rings. The first-order valence-electron chi connectivity index (χ1n) is 6.16. The Kier molecular flexibility index (Phi) is 5.64. The molecule has 0 fully saturated rings. The summed E-state index contributed by atoms with van der Waals surface area (Å²) in [6, 6.07) is 8.76. The lowest BCUT2D eigenvalue weighted by molar-refractivity contribution is 0.684. The second-order valence-electron chi connectivity index (χ2n) is 4.69. The van der Waals surface area contributed by atoms with Crippen LogP contribution >= 0.6 is 15.9 Å². The molecule has 1 aromatic carbocycles. The monoisotopic (exact) mass is 309 g/mol. The maximum absolute atomic E-state index is 8.73. The minimum atomic E-state index is 0.0296. The Hall–Kier alpha value is -1.05. The fraction of sp³-hybridized carbons (Fsp3) is 0.500. The fourth-order valence-electron chi connectivity index (χ4n) is 1.87. The van der Waals surface area contributed by atoms with E-state index in [1.54, 1.807) is 0 Å². The molecule has 0 unspecified atom stereocenters. The zero-order valence-corrected chi connectivity index (χ0v) is 12.7. The van der Waals surface area contributed by atoms with E-state index in [0.29, 0.717) is 12.5 Å². The predicted molar refractivity (Wildman–Crippen MR) is 79.5 cm³/mol. The van der Waals surface area contributed by atoms with E-state index in [1.165, 1.54) is 0 Å². The van der Waals surface area contributed by atoms with Crippen LogP contribution in [0, 0.1) is 11.3 Å². The van der Waals surface area contributed by atoms with Crippen LogP contribution in [0.4, 0.5) is 5.69 Å². The quantitative estimate of drug-likeness (QED) is 0.904. The van der Waals surface area contributed by atoms with Gasteiger partial charge >= 0.3 is 0 Å². The van der Waals surface area contributed by atoms with Crippen molar-refractivity contribution in [1.82, 2.24) is 0 Å². The van der Waals surface area contributed by atoms with Gasteiger partial charge in [-0.05, 0) is 54.4 Å². The third kappa shape index (κ3) is 3.72. The Morgan fingerprint density at radius 2 is 2.06 bits per heavy atom. The number of hydrogen-bond donors (Lipinski definition) is 1. The molecule has 0 aliphatic carbocycles. The molecule has 0 aliphatic heterocycles. The average Bonchev–Trinajstić information content (AvgIpc) is 2.30. The molecule has 0 aromatic heterocycles. The smallest absolute Gasteiger partial charge is 0.0640 e. The molecule has 98 valence electrons. The second kappa shape index (κ2) is 6.77. The van der Waals surface area contributed by atoms with Crippen LogP contribution in [0.25, 0.3) is 0 Å². The Balaban J connectivity index is 3.02. The van der Waals surface area contributed by atoms with Gasteiger partial charge in [0.05, 0.1) is 18.2 Å². The molecule has 3 nitrogen and oxygen atoms in total. The number of hydrogen-bond acceptors (Lipinski definition) is 3. The minimum Gasteiger partial charge on any atom is -0.367 e. The number of nitriles is 1. The topological polar surface area (TPSA) is 53.0 Å². The molecular weight excluding hydrogens is 290 g/mol. The highest BCUT2D eigenvalue weighted by Crippen LogP contribution is 2.30. The van der Waals surface area contributed by atoms with Crippen LogP contribution in [-0.2, 0) is 0 Å². The van der Waals surface area contributed by atoms with Gasteiger partial charge in [-0.2, -0.15) is 5.26 Å². The fourth-order valence-corrected chi connectivity index (χ4v) is 2.49. The Morgan fingerprint density at radius 1 is 1.39 bits per heavy atom. The van der Waals surface area contributed by atoms with Crippen LogP contribution in [-0.4, -0.2) is 12.6 Å². The number of halogens is 1. The molecule has 0 amide bonds. The van der Waals surface area contributed by atoms with E-state index in [9.17, 15) is 0 Å². The maximum Gasteiger partial charge on any atom is 0.0640 e. The summed E-state index contributed by atoms with van der Waals surface area (Å²) in [5.74, 6) is 0. The molecule has 4 heteroatoms. The van der Waals surface area contributed by atoms with Crippen LogP contribution in [0.15, 0.2) is 22.7 Å². The van der Waals surface area contributed by atoms with Crippen molar-refractivity contribution in [2.24, 2.45) is 5.73 Å². The summed E-state index contributed by atoms with van der Waals surface area (Å²) < 4.78 is 1.03. The van der Waals surface area contributed by atoms with E-state index in [-0.39, 0.29) is 6.04 Å². The van der Waals surface area contributed by atoms with Gasteiger partial charge in [0, 0.05) is 23.1 Å². The summed E-state index contributed by atoms with van der Waals surface area (Å²) in [4.78, 5) is 2.22. The van der Waals surface area contributed by atoms with Crippen molar-refractivity contribution >= 4 is 21.6 Å². The van der Waals surface area contributed by atoms with Gasteiger partial charge < -0.3 is 10.6 Å². The predicted octanol–water partition coefficient (Wildman–Crippen LogP) is 3.60. The van der Waals surface area contributed by atoms with Crippen molar-refractivity contribution in [3.8, 4) is 6.07 Å². The normalized spacial score (nSPS) is 12.3. The molecule has 2 N–H and O–H groups in total. The van der Waals surface area contributed by atoms with Crippen molar-refractivity contribution in [1.29, 1.82) is 5.26 Å². The molecule has 0 saturated carbocycles. The highest BCUT2D eigenvalue weighted by atomic mass is 79.9. The van der Waals surface area contributed by atoms with Crippen molar-refractivity contribution in [3.63, 3.8) is 0 Å². The third-order valence-corrected chi connectivity index (χ3v) is 3.53. The van der Waals surface area contributed by atoms with E-state index in [4.69, 9.17) is 11.0 Å². The first-order chi connectivity index (χ1) is 8.47. The van der Waals surface area contributed by atoms with Crippen LogP contribution in [0.1, 0.15) is 38.8 Å². The Labute approximate surface area is 118 Å². The van der Waals surface area contributed by atoms with Crippen LogP contribution in [0.2, 0.25) is 0 Å². The van der Waals surface area contributed by atoms with Gasteiger partial charge in [-0.3, -0.25) is 0 Å². The minimum absolute atomic E-state index is 0.0296. The van der Waals surface area contributed by atoms with Crippen LogP contribution in [0.5, 0.6) is 0 Å². The summed E-state index contributed by atoms with van der Waals surface area (Å²) in [5.41, 5.74) is 8.09. The van der Waals surface area contributed by atoms with E-state index >= 15 is 0 Å². The highest BCUT2D eigenvalue weighted by Gasteiger charge is 2.14. The zero-order valence-electron chi connectivity index (χ0n) is 11.2. The molecule has 1 atom stereocenters. The van der Waals surface area contributed by atoms with Gasteiger partial charge in [0.25, 0.3) is 0 Å². The summed E-state index contributed by atoms with van der Waals surface area (Å²) in [7, 11) is 0. The Bertz CT molecular complexity index is 435. The molecule has 1 rings (SSSR count). The van der Waals surface area contributed by atoms with Crippen LogP contribution < -0.4 is 10.6 Å². The number of nitrogens with two attached hydrogens (primary N) is 1. The molecule has 0 bridgehead atoms. The number of nitrogens with zero attached hydrogens (tertiary/aromatic N) is 2. The van der Waals surface area contributed by atoms with Crippen molar-refractivity contribution in [2.75, 3.05) is 11.4 Å². The molecule has 0 aliphatic rings. The van der Waals surface area contributed by atoms with Gasteiger partial charge in [-0.15, -0.1) is 0 Å². The molecule has 18 heavy (non-hydrogen) atoms. The summed E-state index contributed by atoms with van der Waals surface area (Å²) in [5, 5.41) is 8.73. The Morgan fingerprint density at radius 3 is 2.50 bits per heavy atom. The highest BCUT2D eigenvalue weighted by molar-refractivity contribution is 9.10. The van der Waals surface area contributed by atoms with Gasteiger partial charge in [-0.25, -0.2) is 0 Å². The van der Waals surface area contributed by atoms with Crippen molar-refractivity contribution < 1.29 is 0 Å². The van der Waals surface area contributed by atoms with Crippen LogP contribution in [0.3, 0.4) is 0 Å². The molecular formula is C14H20BrN3. The number of rotatable bonds is 5. The summed E-state index contributed by atoms with van der Waals surface area (Å²) >= 11 is 3.60. The number of anilines is 1. The molecule has 0 spiro atoms. The standard InChI is InChI=1S/C14H20BrN3/c1-10(2)18(8-4-7-16)14-6-5-12(11(3)17)9-13(14)15/h5-6,9-11H,4,8,17H2,1-3H3/t11-/m1/s1.